The minimum atomic E-state index is -1.47. The summed E-state index contributed by atoms with van der Waals surface area (Å²) in [5, 5.41) is 65.6. The van der Waals surface area contributed by atoms with Crippen molar-refractivity contribution >= 4 is 65.4 Å². The number of aromatic carboxylic acids is 1. The number of amides is 3. The van der Waals surface area contributed by atoms with E-state index in [1.807, 2.05) is 178 Å². The van der Waals surface area contributed by atoms with Crippen LogP contribution in [-0.2, 0) is 45.3 Å². The molecule has 0 aliphatic carbocycles. The van der Waals surface area contributed by atoms with Gasteiger partial charge in [0.05, 0.1) is 37.1 Å². The topological polar surface area (TPSA) is 466 Å². The van der Waals surface area contributed by atoms with Crippen molar-refractivity contribution in [3.05, 3.63) is 405 Å². The monoisotopic (exact) mass is 2030 g/mol. The van der Waals surface area contributed by atoms with E-state index in [4.69, 9.17) is 61.6 Å². The molecule has 4 aliphatic heterocycles. The fourth-order valence-electron chi connectivity index (χ4n) is 16.6. The number of carbonyl (C=O) groups excluding carboxylic acids is 3. The standard InChI is InChI=1S/C27H24N2O6S.C23H25N3O5.C21H21N3O2.C21H20N2O4.C21H14O8/c1-27(2,3)16-5-8-18(9-6-16)36-29-26(32)23(15-4-11-21-22(12-15)34-14-33-21)35-17-7-10-19-20(13-17)25(31)28-24(19)30;1-16-15-19(30-2)25-22(24-16)26-20(21(28)29)23(31-14-13-27,17-9-5-3-6-10-17)18-11-7-4-8-12-18;1-14-13-15(2)23-21(22-14)24-19(20(25)26)18(16-9-5-3-6-10-16)17-11-7-4-8-12-17;1-15-13-14-18(23-22-15)27-19(20(24)25)21(26-2,16-9-5-3-6-10-16)17-11-7-4-8-12-17;22-21(23)20-16(28-12-4-6-14-18(8-12)26-10-24-14)2-1-3-17(20)29-13-5-7-15-19(9-13)27-11-25-15/h4-13,23H,14H2,1-3H3,(H,29,32)(H,28,30,31);3-12,15,20,27H,13-14H2,1-2H3,(H,28,29)(H,24,25,26);3-13,18-19H,1-2H3,(H,25,26)(H,22,23,24);3-14,19H,1-2H3,(H,24,25);1-9H,10-11H2,(H,22,23)/t;20-;2*19-;/m.101./s1. The van der Waals surface area contributed by atoms with Gasteiger partial charge in [-0.05, 0) is 175 Å². The van der Waals surface area contributed by atoms with Crippen LogP contribution in [0.3, 0.4) is 0 Å². The predicted octanol–water partition coefficient (Wildman–Crippen LogP) is 18.6. The Kier molecular flexibility index (Phi) is 34.3. The van der Waals surface area contributed by atoms with Crippen LogP contribution in [0.5, 0.6) is 75.0 Å². The molecule has 9 N–H and O–H groups in total. The van der Waals surface area contributed by atoms with Crippen LogP contribution in [0.4, 0.5) is 11.9 Å². The number of imide groups is 1. The Bertz CT molecular complexity index is 7000. The van der Waals surface area contributed by atoms with Crippen LogP contribution in [0.2, 0.25) is 0 Å². The van der Waals surface area contributed by atoms with Gasteiger partial charge < -0.3 is 97.7 Å². The number of nitrogens with one attached hydrogen (secondary N) is 4. The molecule has 4 aliphatic rings. The zero-order valence-corrected chi connectivity index (χ0v) is 82.8. The minimum absolute atomic E-state index is 0.0299. The zero-order chi connectivity index (χ0) is 105. The summed E-state index contributed by atoms with van der Waals surface area (Å²) in [6, 6.07) is 92.6. The summed E-state index contributed by atoms with van der Waals surface area (Å²) in [4.78, 5) is 104. The maximum atomic E-state index is 13.3. The quantitative estimate of drug-likeness (QED) is 0.0134. The number of aromatic nitrogens is 6. The highest BCUT2D eigenvalue weighted by molar-refractivity contribution is 7.98. The Morgan fingerprint density at radius 3 is 1.36 bits per heavy atom. The van der Waals surface area contributed by atoms with Gasteiger partial charge in [0, 0.05) is 64.8 Å². The summed E-state index contributed by atoms with van der Waals surface area (Å²) in [6.45, 7) is 13.7. The van der Waals surface area contributed by atoms with Crippen molar-refractivity contribution in [1.29, 1.82) is 0 Å². The molecule has 4 atom stereocenters. The van der Waals surface area contributed by atoms with Crippen LogP contribution in [0.1, 0.15) is 131 Å². The number of aliphatic hydroxyl groups is 1. The van der Waals surface area contributed by atoms with Crippen LogP contribution >= 0.6 is 11.9 Å². The van der Waals surface area contributed by atoms with E-state index < -0.39 is 77.1 Å². The van der Waals surface area contributed by atoms with E-state index in [0.29, 0.717) is 97.0 Å². The molecule has 0 radical (unpaired) electrons. The molecule has 0 saturated carbocycles. The predicted molar refractivity (Wildman–Crippen MR) is 548 cm³/mol. The van der Waals surface area contributed by atoms with Gasteiger partial charge in [-0.15, -0.1) is 5.10 Å². The highest BCUT2D eigenvalue weighted by Gasteiger charge is 2.51. The number of fused-ring (bicyclic) bond motifs is 4. The van der Waals surface area contributed by atoms with Crippen molar-refractivity contribution < 1.29 is 121 Å². The van der Waals surface area contributed by atoms with Gasteiger partial charge in [0.25, 0.3) is 17.7 Å². The van der Waals surface area contributed by atoms with Crippen molar-refractivity contribution in [3.8, 4) is 75.0 Å². The third kappa shape index (κ3) is 25.9. The molecule has 1 unspecified atom stereocenters. The van der Waals surface area contributed by atoms with Crippen molar-refractivity contribution in [2.75, 3.05) is 58.4 Å². The van der Waals surface area contributed by atoms with Crippen molar-refractivity contribution in [2.45, 2.75) is 100 Å². The third-order valence-electron chi connectivity index (χ3n) is 23.5. The van der Waals surface area contributed by atoms with Gasteiger partial charge in [-0.2, -0.15) is 10.1 Å². The highest BCUT2D eigenvalue weighted by atomic mass is 32.2. The summed E-state index contributed by atoms with van der Waals surface area (Å²) in [7, 11) is 2.95. The molecule has 35 nitrogen and oxygen atoms in total. The summed E-state index contributed by atoms with van der Waals surface area (Å²) < 4.78 is 75.6. The molecule has 7 heterocycles. The van der Waals surface area contributed by atoms with E-state index in [0.717, 1.165) is 27.4 Å². The maximum Gasteiger partial charge on any atom is 0.348 e. The first-order valence-corrected chi connectivity index (χ1v) is 47.5. The van der Waals surface area contributed by atoms with Gasteiger partial charge in [-0.1, -0.05) is 227 Å². The molecule has 0 fully saturated rings. The van der Waals surface area contributed by atoms with Gasteiger partial charge in [0.1, 0.15) is 46.0 Å². The van der Waals surface area contributed by atoms with Crippen molar-refractivity contribution in [3.63, 3.8) is 0 Å². The number of aryl methyl sites for hydroxylation is 4. The molecule has 3 amide bonds. The molecule has 149 heavy (non-hydrogen) atoms. The molecule has 0 spiro atoms. The van der Waals surface area contributed by atoms with E-state index in [1.165, 1.54) is 43.9 Å². The van der Waals surface area contributed by atoms with Crippen molar-refractivity contribution in [2.24, 2.45) is 0 Å². The first-order chi connectivity index (χ1) is 72.0. The number of benzene rings is 12. The number of rotatable bonds is 34. The number of ether oxygens (including phenoxy) is 13. The first-order valence-electron chi connectivity index (χ1n) is 46.7. The van der Waals surface area contributed by atoms with Crippen LogP contribution in [0.15, 0.2) is 326 Å². The Labute approximate surface area is 860 Å². The van der Waals surface area contributed by atoms with Gasteiger partial charge in [-0.25, -0.2) is 34.1 Å². The van der Waals surface area contributed by atoms with Crippen LogP contribution < -0.4 is 72.8 Å². The lowest BCUT2D eigenvalue weighted by atomic mass is 9.79. The number of hydrogen-bond acceptors (Lipinski definition) is 30. The summed E-state index contributed by atoms with van der Waals surface area (Å²) in [5.41, 5.74) is 6.55. The molecule has 19 rings (SSSR count). The summed E-state index contributed by atoms with van der Waals surface area (Å²) in [5.74, 6) is -0.638. The molecule has 15 aromatic rings. The highest BCUT2D eigenvalue weighted by Crippen LogP contribution is 2.46. The second-order valence-corrected chi connectivity index (χ2v) is 35.6. The largest absolute Gasteiger partial charge is 0.481 e. The number of aliphatic carboxylic acids is 3. The Hall–Kier alpha value is -18.0. The SMILES string of the molecule is CC(C)(C)c1ccc(SNC(=O)C(Oc2ccc3c(c2)C(=O)NC3=O)c2ccc3c(c2)OCO3)cc1.COC(c1ccccc1)(c1ccccc1)[C@H](Oc1ccc(C)nn1)C(=O)O.COc1cc(C)nc(N[C@H](C(=O)O)C(OCCO)(c2ccccc2)c2ccccc2)n1.Cc1cc(C)nc(N[C@H](C(=O)O)C(c2ccccc2)c2ccccc2)n1.O=C(O)c1c(Oc2ccc3c(c2)OCO3)cccc1Oc1ccc2c(c1)OCO2. The van der Waals surface area contributed by atoms with Gasteiger partial charge in [0.2, 0.25) is 56.2 Å². The lowest BCUT2D eigenvalue weighted by molar-refractivity contribution is -0.160. The average Bonchev–Trinajstić information content (AvgIpc) is 1.18. The zero-order valence-electron chi connectivity index (χ0n) is 82.0. The number of anilines is 2. The molecule has 762 valence electrons. The smallest absolute Gasteiger partial charge is 0.348 e. The van der Waals surface area contributed by atoms with Gasteiger partial charge in [-0.3, -0.25) is 24.4 Å². The molecule has 3 aromatic heterocycles. The summed E-state index contributed by atoms with van der Waals surface area (Å²) >= 11 is 1.18. The van der Waals surface area contributed by atoms with Crippen molar-refractivity contribution in [1.82, 2.24) is 40.2 Å². The first kappa shape index (κ1) is 105. The molecule has 0 saturated heterocycles. The summed E-state index contributed by atoms with van der Waals surface area (Å²) in [6.07, 6.45) is -2.44. The number of carboxylic acid groups (broad SMARTS) is 4. The number of aliphatic hydroxyl groups excluding tert-OH is 1. The fourth-order valence-corrected chi connectivity index (χ4v) is 17.2. The van der Waals surface area contributed by atoms with E-state index in [-0.39, 0.29) is 90.7 Å². The molecule has 0 bridgehead atoms. The van der Waals surface area contributed by atoms with Gasteiger partial charge >= 0.3 is 23.9 Å². The minimum Gasteiger partial charge on any atom is -0.481 e. The number of hydrogen-bond donors (Lipinski definition) is 9. The second kappa shape index (κ2) is 48.6. The number of carbonyl (C=O) groups is 7. The Balaban J connectivity index is 0.000000140. The fraction of sp³-hybridized carbons (Fsp3) is 0.195. The Morgan fingerprint density at radius 1 is 0.423 bits per heavy atom. The maximum absolute atomic E-state index is 13.3. The molecular formula is C113H104N10O25S. The second-order valence-electron chi connectivity index (χ2n) is 34.7. The molecule has 12 aromatic carbocycles. The molecular weight excluding hydrogens is 1930 g/mol. The molecule has 36 heteroatoms. The van der Waals surface area contributed by atoms with E-state index in [1.54, 1.807) is 159 Å². The van der Waals surface area contributed by atoms with E-state index >= 15 is 0 Å². The van der Waals surface area contributed by atoms with Crippen LogP contribution in [0.25, 0.3) is 0 Å². The number of carboxylic acids is 4. The third-order valence-corrected chi connectivity index (χ3v) is 24.4. The van der Waals surface area contributed by atoms with E-state index in [2.05, 4.69) is 71.6 Å². The normalized spacial score (nSPS) is 13.0. The average molecular weight is 2030 g/mol. The van der Waals surface area contributed by atoms with Crippen LogP contribution in [-0.4, -0.2) is 163 Å². The number of nitrogens with zero attached hydrogens (tertiary/aromatic N) is 6. The lowest BCUT2D eigenvalue weighted by Gasteiger charge is -2.39. The van der Waals surface area contributed by atoms with E-state index in [9.17, 15) is 59.1 Å². The Morgan fingerprint density at radius 2 is 0.893 bits per heavy atom. The van der Waals surface area contributed by atoms with Gasteiger partial charge in [0.15, 0.2) is 46.1 Å². The lowest BCUT2D eigenvalue weighted by Crippen LogP contribution is -2.52. The number of methoxy groups -OCH3 is 2. The van der Waals surface area contributed by atoms with Crippen LogP contribution in [0, 0.1) is 27.7 Å².